The molecule has 3 aromatic rings. The lowest BCUT2D eigenvalue weighted by atomic mass is 10.2. The molecule has 8 nitrogen and oxygen atoms in total. The number of aromatic carboxylic acids is 1. The molecule has 0 atom stereocenters. The highest BCUT2D eigenvalue weighted by molar-refractivity contribution is 7.93. The van der Waals surface area contributed by atoms with Crippen LogP contribution < -0.4 is 10.5 Å². The van der Waals surface area contributed by atoms with Gasteiger partial charge < -0.3 is 10.8 Å². The molecule has 2 aromatic heterocycles. The number of aromatic nitrogens is 2. The monoisotopic (exact) mass is 382 g/mol. The van der Waals surface area contributed by atoms with E-state index < -0.39 is 16.0 Å². The van der Waals surface area contributed by atoms with Gasteiger partial charge in [0.25, 0.3) is 10.0 Å². The first-order chi connectivity index (χ1) is 11.4. The fourth-order valence-electron chi connectivity index (χ4n) is 1.89. The summed E-state index contributed by atoms with van der Waals surface area (Å²) < 4.78 is 27.2. The molecule has 0 aliphatic carbocycles. The van der Waals surface area contributed by atoms with Gasteiger partial charge in [0.2, 0.25) is 0 Å². The molecule has 2 heterocycles. The zero-order valence-corrected chi connectivity index (χ0v) is 14.3. The lowest BCUT2D eigenvalue weighted by Gasteiger charge is -2.07. The van der Waals surface area contributed by atoms with Gasteiger partial charge in [-0.15, -0.1) is 22.7 Å². The summed E-state index contributed by atoms with van der Waals surface area (Å²) >= 11 is 2.32. The smallest absolute Gasteiger partial charge is 0.337 e. The number of nitrogens with one attached hydrogen (secondary N) is 1. The molecule has 3 rings (SSSR count). The minimum Gasteiger partial charge on any atom is -0.478 e. The van der Waals surface area contributed by atoms with E-state index in [0.717, 1.165) is 11.3 Å². The Morgan fingerprint density at radius 3 is 2.46 bits per heavy atom. The Bertz CT molecular complexity index is 1010. The van der Waals surface area contributed by atoms with Crippen LogP contribution in [-0.2, 0) is 10.0 Å². The Hall–Kier alpha value is -2.50. The normalized spacial score (nSPS) is 11.3. The van der Waals surface area contributed by atoms with E-state index in [0.29, 0.717) is 16.5 Å². The van der Waals surface area contributed by atoms with Crippen LogP contribution in [0.5, 0.6) is 0 Å². The van der Waals surface area contributed by atoms with Crippen molar-refractivity contribution in [1.29, 1.82) is 0 Å². The fraction of sp³-hybridized carbons (Fsp3) is 0. The number of hydrogen-bond donors (Lipinski definition) is 3. The van der Waals surface area contributed by atoms with Crippen molar-refractivity contribution in [3.05, 3.63) is 40.6 Å². The lowest BCUT2D eigenvalue weighted by molar-refractivity contribution is 0.0692. The topological polar surface area (TPSA) is 135 Å². The minimum atomic E-state index is -4.08. The van der Waals surface area contributed by atoms with Gasteiger partial charge in [0.15, 0.2) is 10.3 Å². The molecule has 0 amide bonds. The van der Waals surface area contributed by atoms with Crippen LogP contribution in [0.3, 0.4) is 0 Å². The van der Waals surface area contributed by atoms with Crippen LogP contribution in [0.25, 0.3) is 11.4 Å². The number of nitrogens with zero attached hydrogens (tertiary/aromatic N) is 2. The maximum absolute atomic E-state index is 12.4. The molecule has 24 heavy (non-hydrogen) atoms. The van der Waals surface area contributed by atoms with Crippen LogP contribution in [0, 0.1) is 0 Å². The second-order valence-corrected chi connectivity index (χ2v) is 7.91. The Morgan fingerprint density at radius 2 is 1.79 bits per heavy atom. The predicted molar refractivity (Wildman–Crippen MR) is 91.8 cm³/mol. The zero-order chi connectivity index (χ0) is 17.3. The van der Waals surface area contributed by atoms with E-state index in [1.807, 2.05) is 0 Å². The number of carboxylic acids is 1. The number of hydrogen-bond acceptors (Lipinski definition) is 8. The maximum Gasteiger partial charge on any atom is 0.337 e. The highest BCUT2D eigenvalue weighted by Crippen LogP contribution is 2.28. The summed E-state index contributed by atoms with van der Waals surface area (Å²) in [5.41, 5.74) is 6.28. The number of nitrogens with two attached hydrogens (primary N) is 1. The third-order valence-corrected chi connectivity index (χ3v) is 5.88. The molecular weight excluding hydrogens is 372 g/mol. The quantitative estimate of drug-likeness (QED) is 0.616. The van der Waals surface area contributed by atoms with Gasteiger partial charge in [0, 0.05) is 10.8 Å². The van der Waals surface area contributed by atoms with Gasteiger partial charge >= 0.3 is 5.97 Å². The zero-order valence-electron chi connectivity index (χ0n) is 11.8. The molecule has 0 aliphatic heterocycles. The van der Waals surface area contributed by atoms with Crippen molar-refractivity contribution in [3.63, 3.8) is 0 Å². The number of anilines is 2. The highest BCUT2D eigenvalue weighted by Gasteiger charge is 2.23. The van der Waals surface area contributed by atoms with E-state index in [1.165, 1.54) is 35.6 Å². The average Bonchev–Trinajstić information content (AvgIpc) is 3.15. The molecule has 0 bridgehead atoms. The van der Waals surface area contributed by atoms with Crippen molar-refractivity contribution in [2.75, 3.05) is 10.5 Å². The van der Waals surface area contributed by atoms with E-state index in [9.17, 15) is 13.2 Å². The summed E-state index contributed by atoms with van der Waals surface area (Å²) in [5, 5.41) is 13.0. The van der Waals surface area contributed by atoms with Gasteiger partial charge in [0.1, 0.15) is 16.3 Å². The Morgan fingerprint density at radius 1 is 1.12 bits per heavy atom. The van der Waals surface area contributed by atoms with Crippen molar-refractivity contribution in [1.82, 2.24) is 9.97 Å². The number of benzene rings is 1. The van der Waals surface area contributed by atoms with Crippen LogP contribution in [0.1, 0.15) is 10.4 Å². The van der Waals surface area contributed by atoms with Crippen LogP contribution in [0.4, 0.5) is 10.3 Å². The maximum atomic E-state index is 12.4. The average molecular weight is 382 g/mol. The van der Waals surface area contributed by atoms with Gasteiger partial charge in [-0.2, -0.15) is 0 Å². The third-order valence-electron chi connectivity index (χ3n) is 2.92. The molecule has 11 heteroatoms. The van der Waals surface area contributed by atoms with Crippen LogP contribution in [0.2, 0.25) is 0 Å². The van der Waals surface area contributed by atoms with E-state index in [4.69, 9.17) is 10.8 Å². The minimum absolute atomic E-state index is 0.108. The van der Waals surface area contributed by atoms with Crippen molar-refractivity contribution in [2.24, 2.45) is 0 Å². The number of sulfonamides is 1. The SMILES string of the molecule is Nc1nc(-c2csc(NS(=O)(=O)c3ccccc3C(=O)O)n2)cs1. The molecule has 0 unspecified atom stereocenters. The van der Waals surface area contributed by atoms with Crippen molar-refractivity contribution < 1.29 is 18.3 Å². The molecule has 0 radical (unpaired) electrons. The molecule has 124 valence electrons. The summed E-state index contributed by atoms with van der Waals surface area (Å²) in [6.45, 7) is 0. The van der Waals surface area contributed by atoms with E-state index in [2.05, 4.69) is 14.7 Å². The molecule has 1 aromatic carbocycles. The number of thiazole rings is 2. The summed E-state index contributed by atoms with van der Waals surface area (Å²) in [6, 6.07) is 5.35. The van der Waals surface area contributed by atoms with Crippen molar-refractivity contribution >= 4 is 48.9 Å². The van der Waals surface area contributed by atoms with Gasteiger partial charge in [-0.25, -0.2) is 23.2 Å². The standard InChI is InChI=1S/C13H10N4O4S3/c14-12-15-8(5-22-12)9-6-23-13(16-9)17-24(20,21)10-4-2-1-3-7(10)11(18)19/h1-6H,(H2,14,15)(H,16,17)(H,18,19). The van der Waals surface area contributed by atoms with Gasteiger partial charge in [-0.05, 0) is 12.1 Å². The fourth-order valence-corrected chi connectivity index (χ4v) is 4.61. The molecule has 0 spiro atoms. The molecular formula is C13H10N4O4S3. The first kappa shape index (κ1) is 16.4. The Labute approximate surface area is 144 Å². The van der Waals surface area contributed by atoms with Gasteiger partial charge in [-0.3, -0.25) is 4.72 Å². The third kappa shape index (κ3) is 3.22. The first-order valence-electron chi connectivity index (χ1n) is 6.39. The summed E-state index contributed by atoms with van der Waals surface area (Å²) in [7, 11) is -4.08. The summed E-state index contributed by atoms with van der Waals surface area (Å²) in [4.78, 5) is 19.1. The predicted octanol–water partition coefficient (Wildman–Crippen LogP) is 2.35. The van der Waals surface area contributed by atoms with Crippen LogP contribution in [0.15, 0.2) is 39.9 Å². The highest BCUT2D eigenvalue weighted by atomic mass is 32.2. The number of nitrogen functional groups attached to an aromatic ring is 1. The van der Waals surface area contributed by atoms with Crippen LogP contribution in [-0.4, -0.2) is 29.5 Å². The molecule has 0 fully saturated rings. The molecule has 0 aliphatic rings. The van der Waals surface area contributed by atoms with Gasteiger partial charge in [0.05, 0.1) is 5.56 Å². The molecule has 0 saturated carbocycles. The first-order valence-corrected chi connectivity index (χ1v) is 9.63. The van der Waals surface area contributed by atoms with Gasteiger partial charge in [-0.1, -0.05) is 12.1 Å². The Balaban J connectivity index is 1.91. The second kappa shape index (κ2) is 6.19. The molecule has 0 saturated heterocycles. The largest absolute Gasteiger partial charge is 0.478 e. The number of carboxylic acid groups (broad SMARTS) is 1. The van der Waals surface area contributed by atoms with Crippen LogP contribution >= 0.6 is 22.7 Å². The van der Waals surface area contributed by atoms with E-state index >= 15 is 0 Å². The van der Waals surface area contributed by atoms with E-state index in [1.54, 1.807) is 10.8 Å². The lowest BCUT2D eigenvalue weighted by Crippen LogP contribution is -2.16. The van der Waals surface area contributed by atoms with E-state index in [-0.39, 0.29) is 15.6 Å². The summed E-state index contributed by atoms with van der Waals surface area (Å²) in [6.07, 6.45) is 0. The Kier molecular flexibility index (Phi) is 4.22. The molecule has 4 N–H and O–H groups in total. The number of rotatable bonds is 5. The summed E-state index contributed by atoms with van der Waals surface area (Å²) in [5.74, 6) is -1.33. The second-order valence-electron chi connectivity index (χ2n) is 4.52. The van der Waals surface area contributed by atoms with Crippen molar-refractivity contribution in [2.45, 2.75) is 4.90 Å². The number of carbonyl (C=O) groups is 1. The van der Waals surface area contributed by atoms with Crippen molar-refractivity contribution in [3.8, 4) is 11.4 Å².